The summed E-state index contributed by atoms with van der Waals surface area (Å²) in [5.74, 6) is -1.73. The topological polar surface area (TPSA) is 58.7 Å². The van der Waals surface area contributed by atoms with Crippen molar-refractivity contribution in [1.82, 2.24) is 4.90 Å². The van der Waals surface area contributed by atoms with E-state index in [1.165, 1.54) is 19.1 Å². The lowest BCUT2D eigenvalue weighted by atomic mass is 10.1. The van der Waals surface area contributed by atoms with E-state index in [9.17, 15) is 36.5 Å². The molecule has 2 rings (SSSR count). The van der Waals surface area contributed by atoms with Crippen molar-refractivity contribution in [3.8, 4) is 0 Å². The molecule has 1 aliphatic rings. The maximum atomic E-state index is 13.2. The van der Waals surface area contributed by atoms with Crippen LogP contribution in [0.2, 0.25) is 0 Å². The maximum Gasteiger partial charge on any atom is 0.449 e. The van der Waals surface area contributed by atoms with Crippen LogP contribution in [0.3, 0.4) is 0 Å². The highest BCUT2D eigenvalue weighted by atomic mass is 19.4. The molecule has 1 heterocycles. The van der Waals surface area contributed by atoms with E-state index in [1.54, 1.807) is 0 Å². The fourth-order valence-electron chi connectivity index (χ4n) is 2.25. The summed E-state index contributed by atoms with van der Waals surface area (Å²) < 4.78 is 77.8. The molecule has 1 aromatic rings. The molecule has 140 valence electrons. The molecule has 11 heteroatoms. The van der Waals surface area contributed by atoms with Crippen LogP contribution in [0.4, 0.5) is 32.0 Å². The van der Waals surface area contributed by atoms with E-state index >= 15 is 0 Å². The highest BCUT2D eigenvalue weighted by Gasteiger charge is 2.43. The largest absolute Gasteiger partial charge is 0.449 e. The summed E-state index contributed by atoms with van der Waals surface area (Å²) in [5.41, 5.74) is -1.44. The quantitative estimate of drug-likeness (QED) is 0.437. The van der Waals surface area contributed by atoms with E-state index in [0.717, 1.165) is 18.3 Å². The number of nitro groups is 1. The van der Waals surface area contributed by atoms with E-state index in [2.05, 4.69) is 4.99 Å². The van der Waals surface area contributed by atoms with Crippen LogP contribution in [0.25, 0.3) is 0 Å². The van der Waals surface area contributed by atoms with Crippen LogP contribution in [-0.2, 0) is 6.54 Å². The van der Waals surface area contributed by atoms with Gasteiger partial charge in [-0.2, -0.15) is 26.3 Å². The molecule has 0 saturated heterocycles. The van der Waals surface area contributed by atoms with E-state index in [4.69, 9.17) is 0 Å². The third-order valence-electron chi connectivity index (χ3n) is 3.37. The van der Waals surface area contributed by atoms with Gasteiger partial charge in [-0.3, -0.25) is 10.1 Å². The molecule has 0 radical (unpaired) electrons. The van der Waals surface area contributed by atoms with Crippen molar-refractivity contribution in [3.63, 3.8) is 0 Å². The molecule has 5 nitrogen and oxygen atoms in total. The predicted octanol–water partition coefficient (Wildman–Crippen LogP) is 4.64. The van der Waals surface area contributed by atoms with Gasteiger partial charge in [0.15, 0.2) is 0 Å². The Balaban J connectivity index is 2.39. The van der Waals surface area contributed by atoms with Gasteiger partial charge in [-0.1, -0.05) is 6.07 Å². The first-order valence-corrected chi connectivity index (χ1v) is 7.01. The average molecular weight is 379 g/mol. The molecule has 0 aromatic heterocycles. The molecule has 0 saturated carbocycles. The van der Waals surface area contributed by atoms with Crippen LogP contribution in [0.1, 0.15) is 11.1 Å². The molecule has 26 heavy (non-hydrogen) atoms. The minimum absolute atomic E-state index is 0.214. The van der Waals surface area contributed by atoms with Crippen molar-refractivity contribution in [2.45, 2.75) is 25.8 Å². The molecule has 0 amide bonds. The third-order valence-corrected chi connectivity index (χ3v) is 3.37. The fourth-order valence-corrected chi connectivity index (χ4v) is 2.25. The Bertz CT molecular complexity index is 809. The number of hydrogen-bond donors (Lipinski definition) is 0. The minimum Gasteiger partial charge on any atom is -0.324 e. The van der Waals surface area contributed by atoms with Crippen LogP contribution >= 0.6 is 0 Å². The van der Waals surface area contributed by atoms with Crippen LogP contribution in [0, 0.1) is 17.0 Å². The van der Waals surface area contributed by atoms with Crippen molar-refractivity contribution >= 4 is 11.5 Å². The van der Waals surface area contributed by atoms with Crippen molar-refractivity contribution in [2.24, 2.45) is 4.99 Å². The molecule has 0 bridgehead atoms. The van der Waals surface area contributed by atoms with Gasteiger partial charge in [0.2, 0.25) is 5.84 Å². The second kappa shape index (κ2) is 6.81. The summed E-state index contributed by atoms with van der Waals surface area (Å²) in [5, 5.41) is 10.8. The number of allylic oxidation sites excluding steroid dienone is 3. The molecule has 0 atom stereocenters. The van der Waals surface area contributed by atoms with Crippen molar-refractivity contribution in [1.29, 1.82) is 0 Å². The molecule has 0 aliphatic carbocycles. The number of benzene rings is 1. The Hall–Kier alpha value is -2.85. The summed E-state index contributed by atoms with van der Waals surface area (Å²) in [7, 11) is 0. The zero-order valence-electron chi connectivity index (χ0n) is 13.1. The summed E-state index contributed by atoms with van der Waals surface area (Å²) >= 11 is 0. The number of nitrogens with zero attached hydrogens (tertiary/aromatic N) is 3. The number of nitro benzene ring substituents is 1. The third kappa shape index (κ3) is 4.41. The highest BCUT2D eigenvalue weighted by Crippen LogP contribution is 2.32. The number of aliphatic imine (C=N–C) groups is 1. The maximum absolute atomic E-state index is 13.2. The molecular weight excluding hydrogens is 368 g/mol. The Morgan fingerprint density at radius 1 is 1.15 bits per heavy atom. The summed E-state index contributed by atoms with van der Waals surface area (Å²) in [6.45, 7) is 0.939. The number of rotatable bonds is 3. The Morgan fingerprint density at radius 3 is 2.31 bits per heavy atom. The fraction of sp³-hybridized carbons (Fsp3) is 0.267. The van der Waals surface area contributed by atoms with Gasteiger partial charge in [0.1, 0.15) is 5.70 Å². The van der Waals surface area contributed by atoms with Gasteiger partial charge in [-0.05, 0) is 30.7 Å². The Labute approximate surface area is 143 Å². The predicted molar refractivity (Wildman–Crippen MR) is 80.1 cm³/mol. The SMILES string of the molecule is Cc1cc(CN2C=CC=C(C(F)(F)F)N=C2C(F)(F)F)ccc1[N+](=O)[O-]. The molecule has 1 aliphatic heterocycles. The molecule has 0 N–H and O–H groups in total. The van der Waals surface area contributed by atoms with Gasteiger partial charge >= 0.3 is 12.4 Å². The summed E-state index contributed by atoms with van der Waals surface area (Å²) in [6, 6.07) is 3.65. The standard InChI is InChI=1S/C15H11F6N3O2/c1-9-7-10(4-5-11(9)24(25)26)8-23-6-2-3-12(14(16,17)18)22-13(23)15(19,20)21/h2-7H,8H2,1H3. The Kier molecular flexibility index (Phi) is 5.10. The zero-order valence-corrected chi connectivity index (χ0v) is 13.1. The van der Waals surface area contributed by atoms with E-state index in [1.807, 2.05) is 0 Å². The van der Waals surface area contributed by atoms with Gasteiger partial charge in [0, 0.05) is 24.4 Å². The van der Waals surface area contributed by atoms with Crippen LogP contribution in [0.5, 0.6) is 0 Å². The second-order valence-corrected chi connectivity index (χ2v) is 5.33. The first kappa shape index (κ1) is 19.5. The first-order chi connectivity index (χ1) is 11.9. The van der Waals surface area contributed by atoms with Gasteiger partial charge in [0.05, 0.1) is 4.92 Å². The van der Waals surface area contributed by atoms with E-state index < -0.39 is 35.4 Å². The van der Waals surface area contributed by atoms with Crippen molar-refractivity contribution < 1.29 is 31.3 Å². The summed E-state index contributed by atoms with van der Waals surface area (Å²) in [4.78, 5) is 13.4. The second-order valence-electron chi connectivity index (χ2n) is 5.33. The molecular formula is C15H11F6N3O2. The monoisotopic (exact) mass is 379 g/mol. The van der Waals surface area contributed by atoms with E-state index in [0.29, 0.717) is 11.0 Å². The number of amidine groups is 1. The van der Waals surface area contributed by atoms with Gasteiger partial charge in [-0.15, -0.1) is 0 Å². The van der Waals surface area contributed by atoms with Crippen LogP contribution in [0.15, 0.2) is 47.2 Å². The van der Waals surface area contributed by atoms with Gasteiger partial charge < -0.3 is 4.90 Å². The van der Waals surface area contributed by atoms with Gasteiger partial charge in [-0.25, -0.2) is 4.99 Å². The smallest absolute Gasteiger partial charge is 0.324 e. The number of alkyl halides is 6. The highest BCUT2D eigenvalue weighted by molar-refractivity contribution is 5.89. The lowest BCUT2D eigenvalue weighted by Gasteiger charge is -2.23. The lowest BCUT2D eigenvalue weighted by Crippen LogP contribution is -2.38. The van der Waals surface area contributed by atoms with E-state index in [-0.39, 0.29) is 16.8 Å². The van der Waals surface area contributed by atoms with Crippen molar-refractivity contribution in [3.05, 3.63) is 63.5 Å². The number of hydrogen-bond acceptors (Lipinski definition) is 4. The lowest BCUT2D eigenvalue weighted by molar-refractivity contribution is -0.385. The zero-order chi connectivity index (χ0) is 19.7. The molecule has 0 fully saturated rings. The summed E-state index contributed by atoms with van der Waals surface area (Å²) in [6.07, 6.45) is -8.10. The number of aryl methyl sites for hydroxylation is 1. The Morgan fingerprint density at radius 2 is 1.81 bits per heavy atom. The number of halogens is 6. The van der Waals surface area contributed by atoms with Gasteiger partial charge in [0.25, 0.3) is 5.69 Å². The molecule has 1 aromatic carbocycles. The van der Waals surface area contributed by atoms with Crippen LogP contribution < -0.4 is 0 Å². The first-order valence-electron chi connectivity index (χ1n) is 7.01. The minimum atomic E-state index is -5.13. The molecule has 0 unspecified atom stereocenters. The average Bonchev–Trinajstić information content (AvgIpc) is 2.68. The van der Waals surface area contributed by atoms with Crippen molar-refractivity contribution in [2.75, 3.05) is 0 Å². The normalized spacial score (nSPS) is 15.4. The molecule has 0 spiro atoms. The van der Waals surface area contributed by atoms with Crippen LogP contribution in [-0.4, -0.2) is 28.0 Å².